The summed E-state index contributed by atoms with van der Waals surface area (Å²) in [6.45, 7) is 5.26. The van der Waals surface area contributed by atoms with Crippen LogP contribution in [0.15, 0.2) is 48.5 Å². The molecule has 3 nitrogen and oxygen atoms in total. The summed E-state index contributed by atoms with van der Waals surface area (Å²) in [5.74, 6) is -0.0428. The Hall–Kier alpha value is -2.13. The minimum absolute atomic E-state index is 0.0428. The molecule has 0 heterocycles. The average molecular weight is 282 g/mol. The standard InChI is InChI=1S/C18H22N2O/c1-3-15-8-4-5-9-16(15)12-19-13-17-10-6-7-11-18(17)20-14(2)21/h4-11,19H,3,12-13H2,1-2H3,(H,20,21). The van der Waals surface area contributed by atoms with Crippen molar-refractivity contribution in [2.75, 3.05) is 5.32 Å². The number of carbonyl (C=O) groups excluding carboxylic acids is 1. The van der Waals surface area contributed by atoms with Gasteiger partial charge < -0.3 is 10.6 Å². The largest absolute Gasteiger partial charge is 0.326 e. The van der Waals surface area contributed by atoms with Crippen LogP contribution in [0.2, 0.25) is 0 Å². The molecule has 0 aliphatic carbocycles. The molecule has 2 N–H and O–H groups in total. The second-order valence-electron chi connectivity index (χ2n) is 5.06. The van der Waals surface area contributed by atoms with Gasteiger partial charge in [-0.2, -0.15) is 0 Å². The third-order valence-electron chi connectivity index (χ3n) is 3.46. The molecule has 0 radical (unpaired) electrons. The topological polar surface area (TPSA) is 41.1 Å². The summed E-state index contributed by atoms with van der Waals surface area (Å²) in [5, 5.41) is 6.32. The van der Waals surface area contributed by atoms with E-state index in [1.165, 1.54) is 18.1 Å². The molecule has 0 fully saturated rings. The Balaban J connectivity index is 1.99. The summed E-state index contributed by atoms with van der Waals surface area (Å²) in [6, 6.07) is 16.4. The molecule has 0 atom stereocenters. The molecule has 2 rings (SSSR count). The van der Waals surface area contributed by atoms with E-state index >= 15 is 0 Å². The highest BCUT2D eigenvalue weighted by Crippen LogP contribution is 2.15. The van der Waals surface area contributed by atoms with E-state index in [0.29, 0.717) is 0 Å². The van der Waals surface area contributed by atoms with Crippen molar-refractivity contribution in [1.29, 1.82) is 0 Å². The molecule has 2 aromatic carbocycles. The van der Waals surface area contributed by atoms with E-state index in [-0.39, 0.29) is 5.91 Å². The second-order valence-corrected chi connectivity index (χ2v) is 5.06. The lowest BCUT2D eigenvalue weighted by atomic mass is 10.1. The van der Waals surface area contributed by atoms with Crippen LogP contribution in [0.1, 0.15) is 30.5 Å². The van der Waals surface area contributed by atoms with Gasteiger partial charge in [0.1, 0.15) is 0 Å². The summed E-state index contributed by atoms with van der Waals surface area (Å²) in [6.07, 6.45) is 1.04. The quantitative estimate of drug-likeness (QED) is 0.851. The van der Waals surface area contributed by atoms with Gasteiger partial charge in [-0.15, -0.1) is 0 Å². The van der Waals surface area contributed by atoms with Gasteiger partial charge >= 0.3 is 0 Å². The zero-order chi connectivity index (χ0) is 15.1. The van der Waals surface area contributed by atoms with Gasteiger partial charge in [-0.1, -0.05) is 49.4 Å². The Morgan fingerprint density at radius 1 is 0.905 bits per heavy atom. The first-order valence-corrected chi connectivity index (χ1v) is 7.33. The van der Waals surface area contributed by atoms with Crippen LogP contribution < -0.4 is 10.6 Å². The zero-order valence-electron chi connectivity index (χ0n) is 12.6. The first-order valence-electron chi connectivity index (χ1n) is 7.33. The van der Waals surface area contributed by atoms with Crippen molar-refractivity contribution in [3.63, 3.8) is 0 Å². The maximum atomic E-state index is 11.2. The van der Waals surface area contributed by atoms with Crippen LogP contribution in [0, 0.1) is 0 Å². The third-order valence-corrected chi connectivity index (χ3v) is 3.46. The Labute approximate surface area is 126 Å². The Kier molecular flexibility index (Phi) is 5.52. The Bertz CT molecular complexity index is 608. The third kappa shape index (κ3) is 4.43. The van der Waals surface area contributed by atoms with E-state index in [1.807, 2.05) is 24.3 Å². The summed E-state index contributed by atoms with van der Waals surface area (Å²) >= 11 is 0. The number of para-hydroxylation sites is 1. The van der Waals surface area contributed by atoms with E-state index in [1.54, 1.807) is 0 Å². The van der Waals surface area contributed by atoms with Gasteiger partial charge in [-0.05, 0) is 29.2 Å². The minimum atomic E-state index is -0.0428. The van der Waals surface area contributed by atoms with Gasteiger partial charge in [-0.25, -0.2) is 0 Å². The number of aryl methyl sites for hydroxylation is 1. The number of anilines is 1. The molecule has 0 aromatic heterocycles. The smallest absolute Gasteiger partial charge is 0.221 e. The van der Waals surface area contributed by atoms with Crippen LogP contribution in [0.3, 0.4) is 0 Å². The van der Waals surface area contributed by atoms with Crippen molar-refractivity contribution >= 4 is 11.6 Å². The van der Waals surface area contributed by atoms with E-state index in [2.05, 4.69) is 41.8 Å². The van der Waals surface area contributed by atoms with Crippen LogP contribution in [0.5, 0.6) is 0 Å². The fourth-order valence-electron chi connectivity index (χ4n) is 2.39. The molecule has 0 unspecified atom stereocenters. The predicted octanol–water partition coefficient (Wildman–Crippen LogP) is 3.50. The van der Waals surface area contributed by atoms with Crippen LogP contribution in [-0.4, -0.2) is 5.91 Å². The first kappa shape index (κ1) is 15.3. The Morgan fingerprint density at radius 2 is 1.48 bits per heavy atom. The van der Waals surface area contributed by atoms with Gasteiger partial charge in [0.05, 0.1) is 0 Å². The van der Waals surface area contributed by atoms with Gasteiger partial charge in [0, 0.05) is 25.7 Å². The van der Waals surface area contributed by atoms with Crippen LogP contribution >= 0.6 is 0 Å². The highest BCUT2D eigenvalue weighted by Gasteiger charge is 2.04. The zero-order valence-corrected chi connectivity index (χ0v) is 12.6. The van der Waals surface area contributed by atoms with Crippen molar-refractivity contribution in [1.82, 2.24) is 5.32 Å². The maximum absolute atomic E-state index is 11.2. The molecule has 21 heavy (non-hydrogen) atoms. The number of carbonyl (C=O) groups is 1. The summed E-state index contributed by atoms with van der Waals surface area (Å²) in [4.78, 5) is 11.2. The molecule has 3 heteroatoms. The molecule has 0 saturated heterocycles. The first-order chi connectivity index (χ1) is 10.2. The summed E-state index contributed by atoms with van der Waals surface area (Å²) in [7, 11) is 0. The lowest BCUT2D eigenvalue weighted by Crippen LogP contribution is -2.16. The van der Waals surface area contributed by atoms with Crippen molar-refractivity contribution in [3.05, 3.63) is 65.2 Å². The number of hydrogen-bond acceptors (Lipinski definition) is 2. The molecule has 0 saturated carbocycles. The fourth-order valence-corrected chi connectivity index (χ4v) is 2.39. The molecule has 0 bridgehead atoms. The molecule has 0 aliphatic heterocycles. The number of hydrogen-bond donors (Lipinski definition) is 2. The van der Waals surface area contributed by atoms with Gasteiger partial charge in [-0.3, -0.25) is 4.79 Å². The maximum Gasteiger partial charge on any atom is 0.221 e. The number of benzene rings is 2. The van der Waals surface area contributed by atoms with E-state index in [9.17, 15) is 4.79 Å². The van der Waals surface area contributed by atoms with Crippen molar-refractivity contribution in [2.24, 2.45) is 0 Å². The van der Waals surface area contributed by atoms with Crippen LogP contribution in [-0.2, 0) is 24.3 Å². The second kappa shape index (κ2) is 7.60. The molecule has 110 valence electrons. The highest BCUT2D eigenvalue weighted by molar-refractivity contribution is 5.89. The van der Waals surface area contributed by atoms with Crippen LogP contribution in [0.4, 0.5) is 5.69 Å². The summed E-state index contributed by atoms with van der Waals surface area (Å²) < 4.78 is 0. The predicted molar refractivity (Wildman–Crippen MR) is 87.1 cm³/mol. The molecule has 2 aromatic rings. The molecular formula is C18H22N2O. The number of amides is 1. The average Bonchev–Trinajstić information content (AvgIpc) is 2.49. The molecule has 0 spiro atoms. The van der Waals surface area contributed by atoms with Crippen LogP contribution in [0.25, 0.3) is 0 Å². The summed E-state index contributed by atoms with van der Waals surface area (Å²) in [5.41, 5.74) is 4.68. The van der Waals surface area contributed by atoms with E-state index in [0.717, 1.165) is 30.8 Å². The number of nitrogens with one attached hydrogen (secondary N) is 2. The van der Waals surface area contributed by atoms with Crippen molar-refractivity contribution in [3.8, 4) is 0 Å². The van der Waals surface area contributed by atoms with E-state index < -0.39 is 0 Å². The Morgan fingerprint density at radius 3 is 2.14 bits per heavy atom. The monoisotopic (exact) mass is 282 g/mol. The SMILES string of the molecule is CCc1ccccc1CNCc1ccccc1NC(C)=O. The normalized spacial score (nSPS) is 10.4. The van der Waals surface area contributed by atoms with Gasteiger partial charge in [0.15, 0.2) is 0 Å². The van der Waals surface area contributed by atoms with Crippen molar-refractivity contribution in [2.45, 2.75) is 33.4 Å². The highest BCUT2D eigenvalue weighted by atomic mass is 16.1. The fraction of sp³-hybridized carbons (Fsp3) is 0.278. The molecule has 0 aliphatic rings. The number of rotatable bonds is 6. The lowest BCUT2D eigenvalue weighted by Gasteiger charge is -2.12. The lowest BCUT2D eigenvalue weighted by molar-refractivity contribution is -0.114. The van der Waals surface area contributed by atoms with Gasteiger partial charge in [0.25, 0.3) is 0 Å². The molecule has 1 amide bonds. The van der Waals surface area contributed by atoms with Gasteiger partial charge in [0.2, 0.25) is 5.91 Å². The van der Waals surface area contributed by atoms with E-state index in [4.69, 9.17) is 0 Å². The van der Waals surface area contributed by atoms with Crippen molar-refractivity contribution < 1.29 is 4.79 Å². The minimum Gasteiger partial charge on any atom is -0.326 e. The molecular weight excluding hydrogens is 260 g/mol.